The van der Waals surface area contributed by atoms with Gasteiger partial charge in [-0.25, -0.2) is 0 Å². The summed E-state index contributed by atoms with van der Waals surface area (Å²) in [5.74, 6) is 0.0773. The maximum atomic E-state index is 11.6. The zero-order valence-electron chi connectivity index (χ0n) is 18.5. The standard InChI is InChI=1S/C25H28N4O3S/c26-17-25(18-27,12-16-32-15-10-19-5-2-1-3-6-19)11-4-13-28-14-9-20-7-8-21(30)22-23(20)33-24(31)29-22/h1-3,5-8,28,30H,4,9-16H2,(H,29,31). The molecule has 0 bridgehead atoms. The summed E-state index contributed by atoms with van der Waals surface area (Å²) in [5.41, 5.74) is 1.65. The van der Waals surface area contributed by atoms with Crippen LogP contribution >= 0.6 is 11.3 Å². The SMILES string of the molecule is N#CC(C#N)(CCCNCCc1ccc(O)c2[nH]c(=O)sc12)CCOCCc1ccccc1. The molecule has 172 valence electrons. The Balaban J connectivity index is 1.36. The number of fused-ring (bicyclic) bond motifs is 1. The number of nitrogens with one attached hydrogen (secondary N) is 2. The fourth-order valence-electron chi connectivity index (χ4n) is 3.69. The molecule has 0 spiro atoms. The first-order valence-corrected chi connectivity index (χ1v) is 11.9. The lowest BCUT2D eigenvalue weighted by molar-refractivity contribution is 0.118. The van der Waals surface area contributed by atoms with Crippen molar-refractivity contribution in [3.8, 4) is 17.9 Å². The van der Waals surface area contributed by atoms with Crippen molar-refractivity contribution in [1.29, 1.82) is 10.5 Å². The van der Waals surface area contributed by atoms with Crippen LogP contribution < -0.4 is 10.2 Å². The monoisotopic (exact) mass is 464 g/mol. The first kappa shape index (κ1) is 24.5. The van der Waals surface area contributed by atoms with Gasteiger partial charge in [-0.3, -0.25) is 4.79 Å². The third-order valence-corrected chi connectivity index (χ3v) is 6.60. The summed E-state index contributed by atoms with van der Waals surface area (Å²) in [6.45, 7) is 2.34. The van der Waals surface area contributed by atoms with Crippen LogP contribution in [-0.2, 0) is 17.6 Å². The first-order valence-electron chi connectivity index (χ1n) is 11.1. The molecule has 7 nitrogen and oxygen atoms in total. The Bertz CT molecular complexity index is 1160. The minimum Gasteiger partial charge on any atom is -0.506 e. The van der Waals surface area contributed by atoms with Crippen molar-refractivity contribution in [2.45, 2.75) is 32.1 Å². The molecule has 3 N–H and O–H groups in total. The maximum Gasteiger partial charge on any atom is 0.305 e. The molecule has 8 heteroatoms. The van der Waals surface area contributed by atoms with Gasteiger partial charge in [0.2, 0.25) is 0 Å². The maximum absolute atomic E-state index is 11.6. The van der Waals surface area contributed by atoms with E-state index in [4.69, 9.17) is 4.74 Å². The van der Waals surface area contributed by atoms with Crippen molar-refractivity contribution in [2.24, 2.45) is 5.41 Å². The summed E-state index contributed by atoms with van der Waals surface area (Å²) in [6, 6.07) is 17.9. The molecule has 0 saturated heterocycles. The van der Waals surface area contributed by atoms with Gasteiger partial charge in [0.25, 0.3) is 0 Å². The van der Waals surface area contributed by atoms with Crippen LogP contribution in [0.3, 0.4) is 0 Å². The lowest BCUT2D eigenvalue weighted by atomic mass is 9.83. The Kier molecular flexibility index (Phi) is 9.03. The summed E-state index contributed by atoms with van der Waals surface area (Å²) in [4.78, 5) is 14.1. The van der Waals surface area contributed by atoms with Crippen LogP contribution in [0.2, 0.25) is 0 Å². The molecule has 0 unspecified atom stereocenters. The van der Waals surface area contributed by atoms with Gasteiger partial charge in [-0.15, -0.1) is 0 Å². The van der Waals surface area contributed by atoms with E-state index in [1.54, 1.807) is 6.07 Å². The van der Waals surface area contributed by atoms with Crippen LogP contribution in [0.25, 0.3) is 10.2 Å². The van der Waals surface area contributed by atoms with Gasteiger partial charge < -0.3 is 20.1 Å². The smallest absolute Gasteiger partial charge is 0.305 e. The highest BCUT2D eigenvalue weighted by Crippen LogP contribution is 2.28. The molecule has 3 rings (SSSR count). The third-order valence-electron chi connectivity index (χ3n) is 5.65. The minimum atomic E-state index is -1.03. The van der Waals surface area contributed by atoms with Crippen molar-refractivity contribution in [3.63, 3.8) is 0 Å². The highest BCUT2D eigenvalue weighted by Gasteiger charge is 2.29. The number of thiazole rings is 1. The van der Waals surface area contributed by atoms with E-state index in [-0.39, 0.29) is 10.6 Å². The predicted molar refractivity (Wildman–Crippen MR) is 129 cm³/mol. The number of aromatic amines is 1. The van der Waals surface area contributed by atoms with E-state index in [0.29, 0.717) is 57.5 Å². The molecule has 0 radical (unpaired) electrons. The van der Waals surface area contributed by atoms with E-state index in [1.807, 2.05) is 24.3 Å². The van der Waals surface area contributed by atoms with Gasteiger partial charge in [0.15, 0.2) is 0 Å². The largest absolute Gasteiger partial charge is 0.506 e. The quantitative estimate of drug-likeness (QED) is 0.330. The van der Waals surface area contributed by atoms with Crippen molar-refractivity contribution >= 4 is 21.6 Å². The Labute approximate surface area is 197 Å². The molecule has 0 fully saturated rings. The van der Waals surface area contributed by atoms with Gasteiger partial charge in [0.05, 0.1) is 23.4 Å². The average Bonchev–Trinajstić information content (AvgIpc) is 3.24. The minimum absolute atomic E-state index is 0.0773. The van der Waals surface area contributed by atoms with E-state index in [0.717, 1.165) is 28.0 Å². The number of hydrogen-bond acceptors (Lipinski definition) is 7. The molecule has 0 aliphatic carbocycles. The fourth-order valence-corrected chi connectivity index (χ4v) is 4.59. The Morgan fingerprint density at radius 2 is 1.82 bits per heavy atom. The molecule has 0 aliphatic rings. The Morgan fingerprint density at radius 1 is 1.03 bits per heavy atom. The van der Waals surface area contributed by atoms with Crippen molar-refractivity contribution in [2.75, 3.05) is 26.3 Å². The van der Waals surface area contributed by atoms with Gasteiger partial charge in [0.1, 0.15) is 16.7 Å². The Morgan fingerprint density at radius 3 is 2.58 bits per heavy atom. The first-order chi connectivity index (χ1) is 16.1. The molecule has 1 heterocycles. The van der Waals surface area contributed by atoms with E-state index in [2.05, 4.69) is 34.6 Å². The molecule has 0 saturated carbocycles. The number of phenolic OH excluding ortho intramolecular Hbond substituents is 1. The number of aromatic nitrogens is 1. The van der Waals surface area contributed by atoms with Crippen LogP contribution in [-0.4, -0.2) is 36.4 Å². The number of benzene rings is 2. The zero-order chi connectivity index (χ0) is 23.5. The van der Waals surface area contributed by atoms with Crippen LogP contribution in [0.1, 0.15) is 30.4 Å². The number of nitriles is 2. The number of ether oxygens (including phenoxy) is 1. The number of hydrogen-bond donors (Lipinski definition) is 3. The van der Waals surface area contributed by atoms with Crippen LogP contribution in [0, 0.1) is 28.1 Å². The third kappa shape index (κ3) is 6.90. The highest BCUT2D eigenvalue weighted by atomic mass is 32.1. The van der Waals surface area contributed by atoms with Gasteiger partial charge in [-0.2, -0.15) is 10.5 Å². The van der Waals surface area contributed by atoms with Gasteiger partial charge in [0, 0.05) is 13.0 Å². The Hall–Kier alpha value is -3.17. The lowest BCUT2D eigenvalue weighted by Crippen LogP contribution is -2.23. The summed E-state index contributed by atoms with van der Waals surface area (Å²) < 4.78 is 6.46. The molecule has 3 aromatic rings. The second kappa shape index (κ2) is 12.2. The summed E-state index contributed by atoms with van der Waals surface area (Å²) in [6.07, 6.45) is 3.10. The van der Waals surface area contributed by atoms with Gasteiger partial charge >= 0.3 is 4.87 Å². The molecule has 1 aromatic heterocycles. The molecular formula is C25H28N4O3S. The van der Waals surface area contributed by atoms with Crippen LogP contribution in [0.4, 0.5) is 0 Å². The van der Waals surface area contributed by atoms with E-state index < -0.39 is 5.41 Å². The highest BCUT2D eigenvalue weighted by molar-refractivity contribution is 7.16. The summed E-state index contributed by atoms with van der Waals surface area (Å²) in [7, 11) is 0. The average molecular weight is 465 g/mol. The van der Waals surface area contributed by atoms with E-state index >= 15 is 0 Å². The van der Waals surface area contributed by atoms with Crippen molar-refractivity contribution in [3.05, 3.63) is 63.3 Å². The molecule has 2 aromatic carbocycles. The molecular weight excluding hydrogens is 436 g/mol. The number of aromatic hydroxyl groups is 1. The van der Waals surface area contributed by atoms with Crippen molar-refractivity contribution < 1.29 is 9.84 Å². The van der Waals surface area contributed by atoms with E-state index in [9.17, 15) is 20.4 Å². The number of nitrogens with zero attached hydrogens (tertiary/aromatic N) is 2. The second-order valence-electron chi connectivity index (χ2n) is 7.97. The van der Waals surface area contributed by atoms with Gasteiger partial charge in [-0.05, 0) is 56.0 Å². The van der Waals surface area contributed by atoms with E-state index in [1.165, 1.54) is 5.56 Å². The zero-order valence-corrected chi connectivity index (χ0v) is 19.3. The second-order valence-corrected chi connectivity index (χ2v) is 8.95. The van der Waals surface area contributed by atoms with Crippen LogP contribution in [0.15, 0.2) is 47.3 Å². The predicted octanol–water partition coefficient (Wildman–Crippen LogP) is 3.89. The van der Waals surface area contributed by atoms with Gasteiger partial charge in [-0.1, -0.05) is 47.7 Å². The molecule has 0 atom stereocenters. The van der Waals surface area contributed by atoms with Crippen molar-refractivity contribution in [1.82, 2.24) is 10.3 Å². The van der Waals surface area contributed by atoms with Crippen LogP contribution in [0.5, 0.6) is 5.75 Å². The summed E-state index contributed by atoms with van der Waals surface area (Å²) >= 11 is 1.10. The number of phenols is 1. The number of H-pyrrole nitrogens is 1. The molecule has 0 amide bonds. The number of rotatable bonds is 13. The topological polar surface area (TPSA) is 122 Å². The molecule has 33 heavy (non-hydrogen) atoms. The normalized spacial score (nSPS) is 11.3. The molecule has 0 aliphatic heterocycles. The fraction of sp³-hybridized carbons (Fsp3) is 0.400. The summed E-state index contributed by atoms with van der Waals surface area (Å²) in [5, 5.41) is 32.4. The lowest BCUT2D eigenvalue weighted by Gasteiger charge is -2.18.